The molecule has 2 nitrogen and oxygen atoms in total. The molecule has 0 spiro atoms. The molecule has 7 heteroatoms. The minimum Gasteiger partial charge on any atom is -0.508 e. The second-order valence-electron chi connectivity index (χ2n) is 3.44. The molecule has 0 aromatic heterocycles. The van der Waals surface area contributed by atoms with E-state index in [9.17, 15) is 27.1 Å². The van der Waals surface area contributed by atoms with Gasteiger partial charge in [-0.1, -0.05) is 0 Å². The first-order chi connectivity index (χ1) is 7.83. The average Bonchev–Trinajstić information content (AvgIpc) is 2.22. The predicted octanol–water partition coefficient (Wildman–Crippen LogP) is 2.52. The van der Waals surface area contributed by atoms with Crippen LogP contribution in [0.15, 0.2) is 18.2 Å². The number of benzene rings is 1. The summed E-state index contributed by atoms with van der Waals surface area (Å²) >= 11 is 0. The van der Waals surface area contributed by atoms with E-state index in [2.05, 4.69) is 0 Å². The van der Waals surface area contributed by atoms with Crippen molar-refractivity contribution in [1.29, 1.82) is 0 Å². The summed E-state index contributed by atoms with van der Waals surface area (Å²) in [7, 11) is 0. The van der Waals surface area contributed by atoms with Gasteiger partial charge in [0.15, 0.2) is 0 Å². The molecule has 0 aliphatic heterocycles. The summed E-state index contributed by atoms with van der Waals surface area (Å²) in [5.74, 6) is -5.09. The molecule has 0 heterocycles. The maximum atomic E-state index is 12.7. The van der Waals surface area contributed by atoms with Crippen molar-refractivity contribution in [3.8, 4) is 5.75 Å². The molecule has 0 aliphatic carbocycles. The van der Waals surface area contributed by atoms with E-state index < -0.39 is 24.7 Å². The van der Waals surface area contributed by atoms with E-state index in [1.807, 2.05) is 5.32 Å². The zero-order chi connectivity index (χ0) is 13.1. The van der Waals surface area contributed by atoms with Gasteiger partial charge in [0.25, 0.3) is 0 Å². The molecule has 0 unspecified atom stereocenters. The number of alkyl halides is 4. The average molecular weight is 255 g/mol. The van der Waals surface area contributed by atoms with Crippen LogP contribution in [0, 0.1) is 5.82 Å². The molecule has 0 atom stereocenters. The minimum atomic E-state index is -4.15. The van der Waals surface area contributed by atoms with Gasteiger partial charge in [0.2, 0.25) is 0 Å². The summed E-state index contributed by atoms with van der Waals surface area (Å²) in [5, 5.41) is 11.3. The molecular weight excluding hydrogens is 245 g/mol. The van der Waals surface area contributed by atoms with E-state index in [1.165, 1.54) is 0 Å². The van der Waals surface area contributed by atoms with Gasteiger partial charge in [0.05, 0.1) is 6.54 Å². The van der Waals surface area contributed by atoms with Crippen molar-refractivity contribution in [1.82, 2.24) is 5.32 Å². The quantitative estimate of drug-likeness (QED) is 0.792. The lowest BCUT2D eigenvalue weighted by Crippen LogP contribution is -2.38. The van der Waals surface area contributed by atoms with Gasteiger partial charge >= 0.3 is 12.3 Å². The van der Waals surface area contributed by atoms with Gasteiger partial charge in [-0.2, -0.15) is 8.78 Å². The Morgan fingerprint density at radius 1 is 1.29 bits per heavy atom. The fourth-order valence-corrected chi connectivity index (χ4v) is 1.14. The van der Waals surface area contributed by atoms with Crippen molar-refractivity contribution in [3.05, 3.63) is 29.6 Å². The SMILES string of the molecule is Oc1ccc(F)cc1CNCC(F)(F)C(F)F. The molecular formula is C10H10F5NO. The molecule has 96 valence electrons. The van der Waals surface area contributed by atoms with Crippen LogP contribution in [0.25, 0.3) is 0 Å². The van der Waals surface area contributed by atoms with Crippen molar-refractivity contribution in [3.63, 3.8) is 0 Å². The molecule has 17 heavy (non-hydrogen) atoms. The van der Waals surface area contributed by atoms with Crippen LogP contribution in [0.4, 0.5) is 22.0 Å². The molecule has 0 bridgehead atoms. The van der Waals surface area contributed by atoms with E-state index >= 15 is 0 Å². The Morgan fingerprint density at radius 3 is 2.53 bits per heavy atom. The third-order valence-corrected chi connectivity index (χ3v) is 2.04. The van der Waals surface area contributed by atoms with Crippen LogP contribution in [0.3, 0.4) is 0 Å². The number of phenolic OH excluding ortho intramolecular Hbond substituents is 1. The second kappa shape index (κ2) is 5.31. The Kier molecular flexibility index (Phi) is 4.28. The van der Waals surface area contributed by atoms with Crippen LogP contribution in [-0.4, -0.2) is 24.0 Å². The van der Waals surface area contributed by atoms with Gasteiger partial charge in [-0.25, -0.2) is 13.2 Å². The highest BCUT2D eigenvalue weighted by Crippen LogP contribution is 2.22. The van der Waals surface area contributed by atoms with Crippen LogP contribution in [0.1, 0.15) is 5.56 Å². The number of phenols is 1. The van der Waals surface area contributed by atoms with E-state index in [0.717, 1.165) is 18.2 Å². The van der Waals surface area contributed by atoms with E-state index in [-0.39, 0.29) is 17.9 Å². The topological polar surface area (TPSA) is 32.3 Å². The molecule has 0 radical (unpaired) electrons. The summed E-state index contributed by atoms with van der Waals surface area (Å²) in [4.78, 5) is 0. The predicted molar refractivity (Wildman–Crippen MR) is 50.7 cm³/mol. The van der Waals surface area contributed by atoms with Crippen molar-refractivity contribution in [2.75, 3.05) is 6.54 Å². The summed E-state index contributed by atoms with van der Waals surface area (Å²) in [6.45, 7) is -1.58. The largest absolute Gasteiger partial charge is 0.508 e. The van der Waals surface area contributed by atoms with Crippen molar-refractivity contribution < 1.29 is 27.1 Å². The fourth-order valence-electron chi connectivity index (χ4n) is 1.14. The third-order valence-electron chi connectivity index (χ3n) is 2.04. The first-order valence-electron chi connectivity index (χ1n) is 4.67. The Balaban J connectivity index is 2.54. The maximum absolute atomic E-state index is 12.7. The Hall–Kier alpha value is -1.37. The highest BCUT2D eigenvalue weighted by Gasteiger charge is 2.39. The Morgan fingerprint density at radius 2 is 1.94 bits per heavy atom. The van der Waals surface area contributed by atoms with Crippen molar-refractivity contribution in [2.24, 2.45) is 0 Å². The van der Waals surface area contributed by atoms with Gasteiger partial charge < -0.3 is 10.4 Å². The molecule has 1 aromatic rings. The van der Waals surface area contributed by atoms with Crippen LogP contribution in [-0.2, 0) is 6.54 Å². The van der Waals surface area contributed by atoms with Crippen LogP contribution < -0.4 is 5.32 Å². The third kappa shape index (κ3) is 3.85. The van der Waals surface area contributed by atoms with Gasteiger partial charge in [0, 0.05) is 12.1 Å². The zero-order valence-corrected chi connectivity index (χ0v) is 8.56. The first kappa shape index (κ1) is 13.7. The smallest absolute Gasteiger partial charge is 0.319 e. The molecule has 1 aromatic carbocycles. The molecule has 0 fully saturated rings. The lowest BCUT2D eigenvalue weighted by Gasteiger charge is -2.16. The Bertz CT molecular complexity index is 383. The summed E-state index contributed by atoms with van der Waals surface area (Å²) < 4.78 is 61.3. The lowest BCUT2D eigenvalue weighted by atomic mass is 10.2. The van der Waals surface area contributed by atoms with Gasteiger partial charge in [-0.3, -0.25) is 0 Å². The molecule has 0 saturated carbocycles. The Labute approximate surface area is 94.1 Å². The van der Waals surface area contributed by atoms with E-state index in [1.54, 1.807) is 0 Å². The summed E-state index contributed by atoms with van der Waals surface area (Å²) in [5.41, 5.74) is 0.0232. The molecule has 0 saturated heterocycles. The molecule has 2 N–H and O–H groups in total. The molecule has 0 amide bonds. The highest BCUT2D eigenvalue weighted by atomic mass is 19.3. The maximum Gasteiger partial charge on any atom is 0.319 e. The molecule has 1 rings (SSSR count). The van der Waals surface area contributed by atoms with E-state index in [4.69, 9.17) is 0 Å². The van der Waals surface area contributed by atoms with Gasteiger partial charge in [-0.15, -0.1) is 0 Å². The van der Waals surface area contributed by atoms with E-state index in [0.29, 0.717) is 0 Å². The van der Waals surface area contributed by atoms with Crippen molar-refractivity contribution >= 4 is 0 Å². The molecule has 0 aliphatic rings. The normalized spacial score (nSPS) is 12.1. The minimum absolute atomic E-state index is 0.0232. The number of rotatable bonds is 5. The number of hydrogen-bond acceptors (Lipinski definition) is 2. The number of halogens is 5. The fraction of sp³-hybridized carbons (Fsp3) is 0.400. The van der Waals surface area contributed by atoms with Gasteiger partial charge in [0.1, 0.15) is 11.6 Å². The first-order valence-corrected chi connectivity index (χ1v) is 4.67. The van der Waals surface area contributed by atoms with Crippen LogP contribution in [0.2, 0.25) is 0 Å². The monoisotopic (exact) mass is 255 g/mol. The second-order valence-corrected chi connectivity index (χ2v) is 3.44. The highest BCUT2D eigenvalue weighted by molar-refractivity contribution is 5.32. The number of aromatic hydroxyl groups is 1. The van der Waals surface area contributed by atoms with Crippen LogP contribution in [0.5, 0.6) is 5.75 Å². The number of hydrogen-bond donors (Lipinski definition) is 2. The standard InChI is InChI=1S/C10H10F5NO/c11-7-1-2-8(17)6(3-7)4-16-5-10(14,15)9(12)13/h1-3,9,16-17H,4-5H2. The van der Waals surface area contributed by atoms with Crippen molar-refractivity contribution in [2.45, 2.75) is 18.9 Å². The van der Waals surface area contributed by atoms with Gasteiger partial charge in [-0.05, 0) is 18.2 Å². The lowest BCUT2D eigenvalue weighted by molar-refractivity contribution is -0.125. The van der Waals surface area contributed by atoms with Crippen LogP contribution >= 0.6 is 0 Å². The number of nitrogens with one attached hydrogen (secondary N) is 1. The summed E-state index contributed by atoms with van der Waals surface area (Å²) in [6.07, 6.45) is -3.77. The zero-order valence-electron chi connectivity index (χ0n) is 8.56. The summed E-state index contributed by atoms with van der Waals surface area (Å²) in [6, 6.07) is 2.98.